The lowest BCUT2D eigenvalue weighted by Crippen LogP contribution is -2.17. The summed E-state index contributed by atoms with van der Waals surface area (Å²) >= 11 is 0. The molecule has 2 aromatic rings. The fraction of sp³-hybridized carbons (Fsp3) is 0.353. The Labute approximate surface area is 143 Å². The van der Waals surface area contributed by atoms with Crippen molar-refractivity contribution in [1.29, 1.82) is 0 Å². The maximum Gasteiger partial charge on any atom is 0.233 e. The van der Waals surface area contributed by atoms with Crippen LogP contribution < -0.4 is 14.9 Å². The number of anilines is 4. The van der Waals surface area contributed by atoms with Gasteiger partial charge in [0.2, 0.25) is 10.0 Å². The Morgan fingerprint density at radius 2 is 1.71 bits per heavy atom. The van der Waals surface area contributed by atoms with Crippen molar-refractivity contribution in [3.63, 3.8) is 0 Å². The number of hydrogen-bond donors (Lipinski definition) is 2. The van der Waals surface area contributed by atoms with Gasteiger partial charge in [0.05, 0.1) is 17.6 Å². The fourth-order valence-electron chi connectivity index (χ4n) is 2.66. The monoisotopic (exact) mass is 346 g/mol. The summed E-state index contributed by atoms with van der Waals surface area (Å²) in [5, 5.41) is 3.27. The quantitative estimate of drug-likeness (QED) is 0.840. The number of benzene rings is 1. The second-order valence-electron chi connectivity index (χ2n) is 5.80. The second-order valence-corrected chi connectivity index (χ2v) is 7.81. The van der Waals surface area contributed by atoms with E-state index in [9.17, 15) is 8.42 Å². The number of hydrogen-bond acceptors (Lipinski definition) is 5. The molecular formula is C17H22N4O2S. The van der Waals surface area contributed by atoms with Crippen LogP contribution in [-0.2, 0) is 10.0 Å². The topological polar surface area (TPSA) is 74.3 Å². The van der Waals surface area contributed by atoms with Crippen molar-refractivity contribution in [1.82, 2.24) is 4.98 Å². The summed E-state index contributed by atoms with van der Waals surface area (Å²) < 4.78 is 25.5. The average molecular weight is 346 g/mol. The highest BCUT2D eigenvalue weighted by Gasteiger charge is 2.12. The zero-order valence-electron chi connectivity index (χ0n) is 13.7. The Balaban J connectivity index is 1.63. The van der Waals surface area contributed by atoms with Gasteiger partial charge in [-0.3, -0.25) is 4.72 Å². The molecule has 0 bridgehead atoms. The molecule has 128 valence electrons. The molecule has 6 nitrogen and oxygen atoms in total. The van der Waals surface area contributed by atoms with Crippen molar-refractivity contribution in [2.45, 2.75) is 19.8 Å². The number of sulfonamides is 1. The van der Waals surface area contributed by atoms with E-state index in [1.54, 1.807) is 25.3 Å². The van der Waals surface area contributed by atoms with Gasteiger partial charge in [-0.15, -0.1) is 0 Å². The lowest BCUT2D eigenvalue weighted by Gasteiger charge is -2.18. The number of aromatic nitrogens is 1. The molecule has 0 atom stereocenters. The van der Waals surface area contributed by atoms with Crippen LogP contribution >= 0.6 is 0 Å². The van der Waals surface area contributed by atoms with Crippen LogP contribution in [0.15, 0.2) is 42.6 Å². The van der Waals surface area contributed by atoms with E-state index in [0.717, 1.165) is 24.5 Å². The summed E-state index contributed by atoms with van der Waals surface area (Å²) in [7, 11) is -3.29. The number of pyridine rings is 1. The molecule has 2 N–H and O–H groups in total. The zero-order chi connectivity index (χ0) is 17.0. The maximum absolute atomic E-state index is 11.5. The van der Waals surface area contributed by atoms with Crippen LogP contribution in [0.4, 0.5) is 22.9 Å². The van der Waals surface area contributed by atoms with Crippen molar-refractivity contribution in [2.75, 3.05) is 33.8 Å². The average Bonchev–Trinajstić information content (AvgIpc) is 3.12. The summed E-state index contributed by atoms with van der Waals surface area (Å²) in [5.74, 6) is 0.352. The van der Waals surface area contributed by atoms with Gasteiger partial charge in [-0.05, 0) is 56.2 Å². The first-order valence-corrected chi connectivity index (χ1v) is 9.79. The smallest absolute Gasteiger partial charge is 0.233 e. The standard InChI is InChI=1S/C17H22N4O2S/c1-2-24(22,23)20-17-10-7-15(13-18-17)19-14-5-8-16(9-6-14)21-11-3-4-12-21/h5-10,13,19H,2-4,11-12H2,1H3,(H,18,20). The van der Waals surface area contributed by atoms with E-state index in [0.29, 0.717) is 5.82 Å². The van der Waals surface area contributed by atoms with Gasteiger partial charge < -0.3 is 10.2 Å². The molecule has 7 heteroatoms. The molecule has 1 aliphatic heterocycles. The highest BCUT2D eigenvalue weighted by atomic mass is 32.2. The van der Waals surface area contributed by atoms with E-state index in [4.69, 9.17) is 0 Å². The summed E-state index contributed by atoms with van der Waals surface area (Å²) in [6, 6.07) is 11.8. The predicted molar refractivity (Wildman–Crippen MR) is 98.5 cm³/mol. The summed E-state index contributed by atoms with van der Waals surface area (Å²) in [5.41, 5.74) is 3.03. The first-order valence-electron chi connectivity index (χ1n) is 8.14. The minimum absolute atomic E-state index is 0.0258. The van der Waals surface area contributed by atoms with Crippen molar-refractivity contribution in [3.05, 3.63) is 42.6 Å². The van der Waals surface area contributed by atoms with Gasteiger partial charge >= 0.3 is 0 Å². The molecular weight excluding hydrogens is 324 g/mol. The molecule has 1 saturated heterocycles. The van der Waals surface area contributed by atoms with E-state index in [1.807, 2.05) is 12.1 Å². The first-order chi connectivity index (χ1) is 11.6. The van der Waals surface area contributed by atoms with Crippen molar-refractivity contribution in [3.8, 4) is 0 Å². The van der Waals surface area contributed by atoms with Crippen LogP contribution in [0.1, 0.15) is 19.8 Å². The van der Waals surface area contributed by atoms with Gasteiger partial charge in [-0.1, -0.05) is 0 Å². The minimum atomic E-state index is -3.29. The first kappa shape index (κ1) is 16.6. The van der Waals surface area contributed by atoms with Crippen molar-refractivity contribution < 1.29 is 8.42 Å². The SMILES string of the molecule is CCS(=O)(=O)Nc1ccc(Nc2ccc(N3CCCC3)cc2)cn1. The van der Waals surface area contributed by atoms with Crippen LogP contribution in [0.2, 0.25) is 0 Å². The molecule has 0 amide bonds. The third kappa shape index (κ3) is 4.17. The Morgan fingerprint density at radius 1 is 1.04 bits per heavy atom. The lowest BCUT2D eigenvalue weighted by molar-refractivity contribution is 0.602. The van der Waals surface area contributed by atoms with Crippen LogP contribution in [-0.4, -0.2) is 32.2 Å². The Hall–Kier alpha value is -2.28. The third-order valence-electron chi connectivity index (χ3n) is 4.03. The molecule has 1 aromatic carbocycles. The molecule has 0 unspecified atom stereocenters. The van der Waals surface area contributed by atoms with E-state index >= 15 is 0 Å². The van der Waals surface area contributed by atoms with Gasteiger partial charge in [0, 0.05) is 24.5 Å². The van der Waals surface area contributed by atoms with Gasteiger partial charge in [-0.2, -0.15) is 0 Å². The van der Waals surface area contributed by atoms with E-state index < -0.39 is 10.0 Å². The molecule has 2 heterocycles. The fourth-order valence-corrected chi connectivity index (χ4v) is 3.24. The van der Waals surface area contributed by atoms with Gasteiger partial charge in [-0.25, -0.2) is 13.4 Å². The summed E-state index contributed by atoms with van der Waals surface area (Å²) in [6.07, 6.45) is 4.14. The number of nitrogens with one attached hydrogen (secondary N) is 2. The zero-order valence-corrected chi connectivity index (χ0v) is 14.5. The molecule has 3 rings (SSSR count). The summed E-state index contributed by atoms with van der Waals surface area (Å²) in [6.45, 7) is 3.85. The Bertz CT molecular complexity index is 767. The Morgan fingerprint density at radius 3 is 2.29 bits per heavy atom. The van der Waals surface area contributed by atoms with E-state index in [1.165, 1.54) is 18.5 Å². The lowest BCUT2D eigenvalue weighted by atomic mass is 10.2. The highest BCUT2D eigenvalue weighted by molar-refractivity contribution is 7.92. The summed E-state index contributed by atoms with van der Waals surface area (Å²) in [4.78, 5) is 6.52. The molecule has 1 aromatic heterocycles. The van der Waals surface area contributed by atoms with Crippen LogP contribution in [0.5, 0.6) is 0 Å². The predicted octanol–water partition coefficient (Wildman–Crippen LogP) is 3.19. The minimum Gasteiger partial charge on any atom is -0.372 e. The van der Waals surface area contributed by atoms with Crippen LogP contribution in [0.25, 0.3) is 0 Å². The van der Waals surface area contributed by atoms with Gasteiger partial charge in [0.15, 0.2) is 0 Å². The molecule has 0 saturated carbocycles. The highest BCUT2D eigenvalue weighted by Crippen LogP contribution is 2.24. The third-order valence-corrected chi connectivity index (χ3v) is 5.31. The molecule has 1 fully saturated rings. The molecule has 24 heavy (non-hydrogen) atoms. The van der Waals surface area contributed by atoms with Crippen LogP contribution in [0.3, 0.4) is 0 Å². The largest absolute Gasteiger partial charge is 0.372 e. The molecule has 0 aliphatic carbocycles. The number of rotatable bonds is 6. The normalized spacial score (nSPS) is 14.6. The van der Waals surface area contributed by atoms with E-state index in [2.05, 4.69) is 32.1 Å². The van der Waals surface area contributed by atoms with Gasteiger partial charge in [0.25, 0.3) is 0 Å². The molecule has 1 aliphatic rings. The van der Waals surface area contributed by atoms with E-state index in [-0.39, 0.29) is 5.75 Å². The second kappa shape index (κ2) is 7.09. The van der Waals surface area contributed by atoms with Crippen molar-refractivity contribution in [2.24, 2.45) is 0 Å². The van der Waals surface area contributed by atoms with Crippen molar-refractivity contribution >= 4 is 32.9 Å². The van der Waals surface area contributed by atoms with Gasteiger partial charge in [0.1, 0.15) is 5.82 Å². The maximum atomic E-state index is 11.5. The Kier molecular flexibility index (Phi) is 4.89. The number of nitrogens with zero attached hydrogens (tertiary/aromatic N) is 2. The molecule has 0 spiro atoms. The molecule has 0 radical (unpaired) electrons. The van der Waals surface area contributed by atoms with Crippen LogP contribution in [0, 0.1) is 0 Å².